The Kier molecular flexibility index (Phi) is 6.00. The average Bonchev–Trinajstić information content (AvgIpc) is 3.17. The highest BCUT2D eigenvalue weighted by Gasteiger charge is 2.25. The van der Waals surface area contributed by atoms with Crippen molar-refractivity contribution in [3.8, 4) is 11.3 Å². The van der Waals surface area contributed by atoms with Crippen molar-refractivity contribution in [3.05, 3.63) is 71.7 Å². The van der Waals surface area contributed by atoms with Crippen LogP contribution in [0.1, 0.15) is 46.9 Å². The molecule has 1 unspecified atom stereocenters. The summed E-state index contributed by atoms with van der Waals surface area (Å²) in [5, 5.41) is 10.5. The smallest absolute Gasteiger partial charge is 0.255 e. The summed E-state index contributed by atoms with van der Waals surface area (Å²) in [4.78, 5) is 19.9. The molecule has 2 N–H and O–H groups in total. The van der Waals surface area contributed by atoms with E-state index in [0.29, 0.717) is 17.8 Å². The van der Waals surface area contributed by atoms with Crippen LogP contribution >= 0.6 is 0 Å². The largest absolute Gasteiger partial charge is 0.350 e. The van der Waals surface area contributed by atoms with Crippen LogP contribution in [-0.2, 0) is 0 Å². The number of nitrogens with one attached hydrogen (secondary N) is 2. The fourth-order valence-electron chi connectivity index (χ4n) is 4.05. The van der Waals surface area contributed by atoms with Gasteiger partial charge in [0.25, 0.3) is 5.91 Å². The van der Waals surface area contributed by atoms with Gasteiger partial charge in [0.2, 0.25) is 0 Å². The van der Waals surface area contributed by atoms with Gasteiger partial charge in [0.05, 0.1) is 11.6 Å². The van der Waals surface area contributed by atoms with E-state index in [2.05, 4.69) is 31.5 Å². The molecule has 0 aliphatic carbocycles. The van der Waals surface area contributed by atoms with Gasteiger partial charge in [0.1, 0.15) is 5.69 Å². The molecular weight excluding hydrogens is 362 g/mol. The number of likely N-dealkylation sites (tertiary alicyclic amines) is 1. The number of pyridine rings is 1. The number of amides is 1. The minimum absolute atomic E-state index is 0.0963. The lowest BCUT2D eigenvalue weighted by atomic mass is 10.0. The van der Waals surface area contributed by atoms with E-state index in [4.69, 9.17) is 0 Å². The minimum Gasteiger partial charge on any atom is -0.350 e. The maximum Gasteiger partial charge on any atom is 0.255 e. The lowest BCUT2D eigenvalue weighted by molar-refractivity contribution is 0.0924. The molecule has 3 aromatic rings. The van der Waals surface area contributed by atoms with E-state index in [0.717, 1.165) is 29.9 Å². The van der Waals surface area contributed by atoms with Gasteiger partial charge >= 0.3 is 0 Å². The second kappa shape index (κ2) is 9.01. The molecule has 1 aromatic carbocycles. The first-order chi connectivity index (χ1) is 14.2. The molecule has 1 saturated heterocycles. The van der Waals surface area contributed by atoms with E-state index in [1.165, 1.54) is 19.3 Å². The first-order valence-electron chi connectivity index (χ1n) is 10.3. The predicted molar refractivity (Wildman–Crippen MR) is 113 cm³/mol. The summed E-state index contributed by atoms with van der Waals surface area (Å²) in [6, 6.07) is 14.0. The lowest BCUT2D eigenvalue weighted by Crippen LogP contribution is -2.40. The second-order valence-corrected chi connectivity index (χ2v) is 7.55. The average molecular weight is 390 g/mol. The SMILES string of the molecule is Cc1[nH]nc(-c2ccccc2)c1C(=O)NCC(c1cccnc1)N1CCCCC1. The van der Waals surface area contributed by atoms with Crippen molar-refractivity contribution in [2.45, 2.75) is 32.2 Å². The fourth-order valence-corrected chi connectivity index (χ4v) is 4.05. The van der Waals surface area contributed by atoms with E-state index in [9.17, 15) is 4.79 Å². The zero-order valence-corrected chi connectivity index (χ0v) is 16.8. The topological polar surface area (TPSA) is 73.9 Å². The Bertz CT molecular complexity index is 932. The maximum absolute atomic E-state index is 13.1. The Labute approximate surface area is 171 Å². The summed E-state index contributed by atoms with van der Waals surface area (Å²) in [6.45, 7) is 4.53. The van der Waals surface area contributed by atoms with Gasteiger partial charge < -0.3 is 5.32 Å². The summed E-state index contributed by atoms with van der Waals surface area (Å²) < 4.78 is 0. The van der Waals surface area contributed by atoms with Gasteiger partial charge in [-0.3, -0.25) is 19.8 Å². The van der Waals surface area contributed by atoms with E-state index < -0.39 is 0 Å². The third kappa shape index (κ3) is 4.38. The number of aromatic amines is 1. The van der Waals surface area contributed by atoms with Crippen molar-refractivity contribution in [1.82, 2.24) is 25.4 Å². The maximum atomic E-state index is 13.1. The van der Waals surface area contributed by atoms with Crippen LogP contribution in [0.2, 0.25) is 0 Å². The van der Waals surface area contributed by atoms with E-state index >= 15 is 0 Å². The quantitative estimate of drug-likeness (QED) is 0.674. The summed E-state index contributed by atoms with van der Waals surface area (Å²) in [7, 11) is 0. The number of piperidine rings is 1. The molecular formula is C23H27N5O. The van der Waals surface area contributed by atoms with Crippen molar-refractivity contribution in [1.29, 1.82) is 0 Å². The number of carbonyl (C=O) groups is 1. The number of aryl methyl sites for hydroxylation is 1. The first kappa shape index (κ1) is 19.3. The second-order valence-electron chi connectivity index (χ2n) is 7.55. The van der Waals surface area contributed by atoms with Gasteiger partial charge in [-0.05, 0) is 44.5 Å². The highest BCUT2D eigenvalue weighted by molar-refractivity contribution is 6.01. The molecule has 3 heterocycles. The molecule has 150 valence electrons. The molecule has 1 fully saturated rings. The van der Waals surface area contributed by atoms with Crippen molar-refractivity contribution < 1.29 is 4.79 Å². The third-order valence-corrected chi connectivity index (χ3v) is 5.58. The standard InChI is InChI=1S/C23H27N5O/c1-17-21(22(27-26-17)18-9-4-2-5-10-18)23(29)25-16-20(19-11-8-12-24-15-19)28-13-6-3-7-14-28/h2,4-5,8-12,15,20H,3,6-7,13-14,16H2,1H3,(H,25,29)(H,26,27). The number of rotatable bonds is 6. The molecule has 0 bridgehead atoms. The zero-order valence-electron chi connectivity index (χ0n) is 16.8. The van der Waals surface area contributed by atoms with Gasteiger partial charge in [0.15, 0.2) is 0 Å². The molecule has 1 atom stereocenters. The summed E-state index contributed by atoms with van der Waals surface area (Å²) in [5.74, 6) is -0.0963. The third-order valence-electron chi connectivity index (χ3n) is 5.58. The van der Waals surface area contributed by atoms with E-state index in [-0.39, 0.29) is 11.9 Å². The highest BCUT2D eigenvalue weighted by Crippen LogP contribution is 2.25. The van der Waals surface area contributed by atoms with Crippen molar-refractivity contribution >= 4 is 5.91 Å². The Morgan fingerprint density at radius 2 is 1.93 bits per heavy atom. The number of hydrogen-bond donors (Lipinski definition) is 2. The van der Waals surface area contributed by atoms with Gasteiger partial charge in [-0.2, -0.15) is 5.10 Å². The molecule has 6 nitrogen and oxygen atoms in total. The van der Waals surface area contributed by atoms with E-state index in [1.807, 2.05) is 49.5 Å². The normalized spacial score (nSPS) is 15.8. The van der Waals surface area contributed by atoms with Crippen LogP contribution in [0.3, 0.4) is 0 Å². The Morgan fingerprint density at radius 3 is 2.66 bits per heavy atom. The number of carbonyl (C=O) groups excluding carboxylic acids is 1. The molecule has 0 saturated carbocycles. The summed E-state index contributed by atoms with van der Waals surface area (Å²) in [6.07, 6.45) is 7.37. The summed E-state index contributed by atoms with van der Waals surface area (Å²) in [5.41, 5.74) is 4.15. The number of aromatic nitrogens is 3. The van der Waals surface area contributed by atoms with Crippen molar-refractivity contribution in [2.24, 2.45) is 0 Å². The molecule has 1 aliphatic rings. The van der Waals surface area contributed by atoms with Gasteiger partial charge in [-0.1, -0.05) is 42.8 Å². The van der Waals surface area contributed by atoms with Crippen LogP contribution in [0.5, 0.6) is 0 Å². The Hall–Kier alpha value is -2.99. The number of nitrogens with zero attached hydrogens (tertiary/aromatic N) is 3. The fraction of sp³-hybridized carbons (Fsp3) is 0.348. The molecule has 1 amide bonds. The zero-order chi connectivity index (χ0) is 20.1. The Morgan fingerprint density at radius 1 is 1.14 bits per heavy atom. The van der Waals surface area contributed by atoms with Gasteiger partial charge in [-0.25, -0.2) is 0 Å². The highest BCUT2D eigenvalue weighted by atomic mass is 16.1. The molecule has 2 aromatic heterocycles. The van der Waals surface area contributed by atoms with Crippen LogP contribution in [0.15, 0.2) is 54.9 Å². The van der Waals surface area contributed by atoms with Crippen LogP contribution < -0.4 is 5.32 Å². The Balaban J connectivity index is 1.54. The molecule has 6 heteroatoms. The van der Waals surface area contributed by atoms with E-state index in [1.54, 1.807) is 6.20 Å². The lowest BCUT2D eigenvalue weighted by Gasteiger charge is -2.34. The summed E-state index contributed by atoms with van der Waals surface area (Å²) >= 11 is 0. The monoisotopic (exact) mass is 389 g/mol. The van der Waals surface area contributed by atoms with Crippen LogP contribution in [0.25, 0.3) is 11.3 Å². The van der Waals surface area contributed by atoms with Gasteiger partial charge in [0, 0.05) is 30.2 Å². The number of hydrogen-bond acceptors (Lipinski definition) is 4. The first-order valence-corrected chi connectivity index (χ1v) is 10.3. The van der Waals surface area contributed by atoms with Crippen LogP contribution in [0, 0.1) is 6.92 Å². The molecule has 1 aliphatic heterocycles. The molecule has 0 spiro atoms. The molecule has 29 heavy (non-hydrogen) atoms. The van der Waals surface area contributed by atoms with Crippen molar-refractivity contribution in [3.63, 3.8) is 0 Å². The van der Waals surface area contributed by atoms with Crippen LogP contribution in [-0.4, -0.2) is 45.6 Å². The van der Waals surface area contributed by atoms with Gasteiger partial charge in [-0.15, -0.1) is 0 Å². The molecule has 0 radical (unpaired) electrons. The number of benzene rings is 1. The van der Waals surface area contributed by atoms with Crippen LogP contribution in [0.4, 0.5) is 0 Å². The molecule has 4 rings (SSSR count). The minimum atomic E-state index is -0.0963. The predicted octanol–water partition coefficient (Wildman–Crippen LogP) is 3.74. The number of H-pyrrole nitrogens is 1. The van der Waals surface area contributed by atoms with Crippen molar-refractivity contribution in [2.75, 3.05) is 19.6 Å².